The summed E-state index contributed by atoms with van der Waals surface area (Å²) in [6.07, 6.45) is 4.61. The van der Waals surface area contributed by atoms with Crippen molar-refractivity contribution in [3.05, 3.63) is 83.8 Å². The third-order valence-electron chi connectivity index (χ3n) is 13.5. The van der Waals surface area contributed by atoms with E-state index in [1.165, 1.54) is 17.7 Å². The molecule has 1 aliphatic heterocycles. The molecule has 7 rings (SSSR count). The SMILES string of the molecule is CN[C@@H](C)C(=O)NC(C(=O)N1C[C@@H](OCCOCCOCCOCCOc2cc3nccc(Nc4n[nH]c5ccc(F)cc45)c3cc2S(=O)(=O)C(C)(C)C)C[C@H]1CC(=O)N[C@H]1CCCc2ccccc21)C(C)(C)C. The Bertz CT molecular complexity index is 2850. The first kappa shape index (κ1) is 56.0. The number of nitrogens with zero attached hydrogens (tertiary/aromatic N) is 3. The van der Waals surface area contributed by atoms with Gasteiger partial charge in [-0.15, -0.1) is 0 Å². The van der Waals surface area contributed by atoms with Gasteiger partial charge in [-0.25, -0.2) is 12.8 Å². The fourth-order valence-corrected chi connectivity index (χ4v) is 10.5. The molecule has 5 N–H and O–H groups in total. The molecule has 0 radical (unpaired) electrons. The van der Waals surface area contributed by atoms with Crippen LogP contribution in [0.3, 0.4) is 0 Å². The minimum absolute atomic E-state index is 0.00241. The maximum Gasteiger partial charge on any atom is 0.246 e. The summed E-state index contributed by atoms with van der Waals surface area (Å²) in [5, 5.41) is 20.6. The molecule has 3 aromatic carbocycles. The maximum absolute atomic E-state index is 14.4. The Morgan fingerprint density at radius 1 is 0.892 bits per heavy atom. The second-order valence-corrected chi connectivity index (χ2v) is 23.6. The number of aryl methyl sites for hydroxylation is 1. The van der Waals surface area contributed by atoms with Crippen LogP contribution in [0.4, 0.5) is 15.9 Å². The summed E-state index contributed by atoms with van der Waals surface area (Å²) >= 11 is 0. The fraction of sp³-hybridized carbons (Fsp3) is 0.537. The summed E-state index contributed by atoms with van der Waals surface area (Å²) in [6, 6.07) is 15.5. The van der Waals surface area contributed by atoms with Gasteiger partial charge in [0.15, 0.2) is 15.7 Å². The topological polar surface area (TPSA) is 224 Å². The molecule has 5 atom stereocenters. The van der Waals surface area contributed by atoms with E-state index in [1.54, 1.807) is 70.1 Å². The van der Waals surface area contributed by atoms with E-state index in [4.69, 9.17) is 23.7 Å². The number of sulfone groups is 1. The zero-order valence-electron chi connectivity index (χ0n) is 43.8. The number of amides is 3. The van der Waals surface area contributed by atoms with Crippen LogP contribution >= 0.6 is 0 Å². The molecular weight excluding hydrogens is 972 g/mol. The zero-order valence-corrected chi connectivity index (χ0v) is 44.7. The van der Waals surface area contributed by atoms with Crippen LogP contribution in [0.25, 0.3) is 21.8 Å². The van der Waals surface area contributed by atoms with Crippen LogP contribution in [0, 0.1) is 11.2 Å². The monoisotopic (exact) mass is 1040 g/mol. The number of ether oxygens (including phenoxy) is 5. The van der Waals surface area contributed by atoms with Crippen molar-refractivity contribution in [2.75, 3.05) is 71.8 Å². The number of carbonyl (C=O) groups is 3. The third kappa shape index (κ3) is 13.9. The first-order chi connectivity index (χ1) is 35.2. The van der Waals surface area contributed by atoms with Gasteiger partial charge in [0.25, 0.3) is 0 Å². The molecule has 2 aliphatic rings. The molecule has 1 unspecified atom stereocenters. The van der Waals surface area contributed by atoms with Crippen molar-refractivity contribution in [2.24, 2.45) is 5.41 Å². The fourth-order valence-electron chi connectivity index (χ4n) is 9.19. The van der Waals surface area contributed by atoms with E-state index in [-0.39, 0.29) is 93.1 Å². The maximum atomic E-state index is 14.4. The number of aromatic nitrogens is 3. The Hall–Kier alpha value is -5.77. The average molecular weight is 1050 g/mol. The number of carbonyl (C=O) groups excluding carboxylic acids is 3. The molecule has 1 fully saturated rings. The van der Waals surface area contributed by atoms with Gasteiger partial charge in [-0.1, -0.05) is 45.0 Å². The van der Waals surface area contributed by atoms with E-state index < -0.39 is 43.9 Å². The van der Waals surface area contributed by atoms with Crippen LogP contribution in [0.2, 0.25) is 0 Å². The van der Waals surface area contributed by atoms with Gasteiger partial charge >= 0.3 is 0 Å². The molecule has 74 heavy (non-hydrogen) atoms. The third-order valence-corrected chi connectivity index (χ3v) is 16.0. The Balaban J connectivity index is 0.852. The molecule has 0 saturated carbocycles. The molecule has 1 saturated heterocycles. The van der Waals surface area contributed by atoms with Crippen molar-refractivity contribution in [2.45, 2.75) is 120 Å². The number of H-pyrrole nitrogens is 1. The Morgan fingerprint density at radius 3 is 2.30 bits per heavy atom. The minimum Gasteiger partial charge on any atom is -0.490 e. The summed E-state index contributed by atoms with van der Waals surface area (Å²) in [5.74, 6) is -0.571. The van der Waals surface area contributed by atoms with Crippen LogP contribution in [-0.2, 0) is 49.6 Å². The van der Waals surface area contributed by atoms with Gasteiger partial charge in [-0.3, -0.25) is 24.5 Å². The van der Waals surface area contributed by atoms with Crippen molar-refractivity contribution >= 4 is 60.9 Å². The van der Waals surface area contributed by atoms with Crippen molar-refractivity contribution in [3.8, 4) is 5.75 Å². The molecule has 1 aliphatic carbocycles. The highest BCUT2D eigenvalue weighted by Crippen LogP contribution is 2.39. The van der Waals surface area contributed by atoms with Crippen molar-refractivity contribution in [1.82, 2.24) is 36.0 Å². The number of anilines is 2. The van der Waals surface area contributed by atoms with E-state index in [2.05, 4.69) is 48.6 Å². The number of benzene rings is 3. The van der Waals surface area contributed by atoms with Gasteiger partial charge in [-0.2, -0.15) is 5.10 Å². The number of rotatable bonds is 24. The second-order valence-electron chi connectivity index (χ2n) is 21.0. The lowest BCUT2D eigenvalue weighted by Crippen LogP contribution is -2.58. The van der Waals surface area contributed by atoms with E-state index in [0.29, 0.717) is 52.9 Å². The summed E-state index contributed by atoms with van der Waals surface area (Å²) in [4.78, 5) is 47.3. The van der Waals surface area contributed by atoms with Gasteiger partial charge in [-0.05, 0) is 107 Å². The van der Waals surface area contributed by atoms with E-state index in [9.17, 15) is 27.2 Å². The van der Waals surface area contributed by atoms with Crippen LogP contribution in [0.5, 0.6) is 5.75 Å². The van der Waals surface area contributed by atoms with Crippen LogP contribution in [-0.4, -0.2) is 142 Å². The van der Waals surface area contributed by atoms with Gasteiger partial charge in [0.1, 0.15) is 29.1 Å². The normalized spacial score (nSPS) is 18.0. The zero-order chi connectivity index (χ0) is 53.2. The van der Waals surface area contributed by atoms with E-state index in [0.717, 1.165) is 24.8 Å². The molecule has 3 heterocycles. The van der Waals surface area contributed by atoms with Gasteiger partial charge in [0.2, 0.25) is 17.7 Å². The largest absolute Gasteiger partial charge is 0.490 e. The lowest BCUT2D eigenvalue weighted by Gasteiger charge is -2.36. The second kappa shape index (κ2) is 24.7. The molecule has 2 aromatic heterocycles. The lowest BCUT2D eigenvalue weighted by atomic mass is 9.85. The molecular formula is C54H73FN8O10S. The first-order valence-electron chi connectivity index (χ1n) is 25.5. The summed E-state index contributed by atoms with van der Waals surface area (Å²) < 4.78 is 70.3. The van der Waals surface area contributed by atoms with Crippen LogP contribution in [0.15, 0.2) is 71.8 Å². The van der Waals surface area contributed by atoms with E-state index >= 15 is 0 Å². The molecule has 3 amide bonds. The number of nitrogens with one attached hydrogen (secondary N) is 5. The quantitative estimate of drug-likeness (QED) is 0.0406. The Labute approximate surface area is 433 Å². The highest BCUT2D eigenvalue weighted by molar-refractivity contribution is 7.92. The summed E-state index contributed by atoms with van der Waals surface area (Å²) in [5.41, 5.74) is 3.41. The van der Waals surface area contributed by atoms with Crippen LogP contribution in [0.1, 0.15) is 91.3 Å². The van der Waals surface area contributed by atoms with Crippen molar-refractivity contribution in [1.29, 1.82) is 0 Å². The predicted molar refractivity (Wildman–Crippen MR) is 281 cm³/mol. The number of aromatic amines is 1. The Kier molecular flexibility index (Phi) is 18.7. The number of likely N-dealkylation sites (N-methyl/N-ethyl adjacent to an activating group) is 1. The summed E-state index contributed by atoms with van der Waals surface area (Å²) in [6.45, 7) is 14.5. The number of pyridine rings is 1. The first-order valence-corrected chi connectivity index (χ1v) is 26.9. The van der Waals surface area contributed by atoms with Crippen molar-refractivity contribution in [3.63, 3.8) is 0 Å². The number of fused-ring (bicyclic) bond motifs is 3. The number of hydrogen-bond acceptors (Lipinski definition) is 14. The molecule has 18 nitrogen and oxygen atoms in total. The molecule has 5 aromatic rings. The van der Waals surface area contributed by atoms with Gasteiger partial charge in [0, 0.05) is 42.0 Å². The summed E-state index contributed by atoms with van der Waals surface area (Å²) in [7, 11) is -2.21. The molecule has 20 heteroatoms. The number of hydrogen-bond donors (Lipinski definition) is 5. The smallest absolute Gasteiger partial charge is 0.246 e. The van der Waals surface area contributed by atoms with Crippen molar-refractivity contribution < 1.29 is 50.9 Å². The lowest BCUT2D eigenvalue weighted by molar-refractivity contribution is -0.141. The highest BCUT2D eigenvalue weighted by Gasteiger charge is 2.44. The average Bonchev–Trinajstić information content (AvgIpc) is 3.95. The minimum atomic E-state index is -3.90. The predicted octanol–water partition coefficient (Wildman–Crippen LogP) is 6.70. The van der Waals surface area contributed by atoms with Gasteiger partial charge < -0.3 is 49.9 Å². The Morgan fingerprint density at radius 2 is 1.59 bits per heavy atom. The van der Waals surface area contributed by atoms with Gasteiger partial charge in [0.05, 0.1) is 85.9 Å². The molecule has 0 spiro atoms. The standard InChI is InChI=1S/C54H73FN8O10S/c1-34(56-8)51(65)60-49(53(2,3)4)52(66)63-33-38(29-37(63)30-48(64)58-42-15-11-13-35-12-9-10-14-39(35)42)72-26-24-70-22-20-69-21-23-71-25-27-73-46-32-45-40(31-47(46)74(67,68)54(5,6)7)43(18-19-57-45)59-50-41-28-36(55)16-17-44(41)61-62-50/h9-10,12,14,16-19,28,31-32,34,37-38,42,49,56H,11,13,15,20-27,29-30,33H2,1-8H3,(H,58,64)(H,60,65)(H2,57,59,61,62)/t34-,37-,38-,42-,49?/m0/s1. The highest BCUT2D eigenvalue weighted by atomic mass is 32.2. The van der Waals surface area contributed by atoms with Crippen LogP contribution < -0.4 is 26.0 Å². The molecule has 402 valence electrons. The number of halogens is 1. The van der Waals surface area contributed by atoms with E-state index in [1.807, 2.05) is 32.9 Å². The number of likely N-dealkylation sites (tertiary alicyclic amines) is 1. The molecule has 0 bridgehead atoms.